The third-order valence-electron chi connectivity index (χ3n) is 1.89. The summed E-state index contributed by atoms with van der Waals surface area (Å²) in [6, 6.07) is 0.994. The van der Waals surface area contributed by atoms with Crippen molar-refractivity contribution in [1.29, 1.82) is 0 Å². The van der Waals surface area contributed by atoms with Crippen molar-refractivity contribution in [1.82, 2.24) is 0 Å². The first-order valence-corrected chi connectivity index (χ1v) is 4.01. The Morgan fingerprint density at radius 2 is 2.14 bits per heavy atom. The fourth-order valence-corrected chi connectivity index (χ4v) is 1.22. The molecule has 0 spiro atoms. The Labute approximate surface area is 81.2 Å². The van der Waals surface area contributed by atoms with E-state index < -0.39 is 11.6 Å². The molecule has 0 aliphatic carbocycles. The van der Waals surface area contributed by atoms with Crippen LogP contribution in [0.4, 0.5) is 14.5 Å². The van der Waals surface area contributed by atoms with Crippen LogP contribution < -0.4 is 10.1 Å². The van der Waals surface area contributed by atoms with Crippen molar-refractivity contribution in [3.63, 3.8) is 0 Å². The van der Waals surface area contributed by atoms with Gasteiger partial charge in [-0.1, -0.05) is 12.7 Å². The second-order valence-corrected chi connectivity index (χ2v) is 2.62. The van der Waals surface area contributed by atoms with Gasteiger partial charge in [-0.05, 0) is 0 Å². The molecule has 0 aliphatic rings. The Morgan fingerprint density at radius 1 is 1.50 bits per heavy atom. The Bertz CT molecular complexity index is 364. The normalized spacial score (nSPS) is 9.71. The standard InChI is InChI=1S/C10H11F2NO/c1-4-6-9(12)8(14-3)5-7(11)10(6)13-2/h4-5,13H,1H2,2-3H3. The first kappa shape index (κ1) is 10.5. The number of hydrogen-bond donors (Lipinski definition) is 1. The molecule has 1 aromatic carbocycles. The van der Waals surface area contributed by atoms with Gasteiger partial charge in [-0.25, -0.2) is 8.78 Å². The molecule has 1 rings (SSSR count). The Morgan fingerprint density at radius 3 is 2.57 bits per heavy atom. The SMILES string of the molecule is C=Cc1c(F)c(OC)cc(F)c1NC. The number of methoxy groups -OCH3 is 1. The minimum Gasteiger partial charge on any atom is -0.494 e. The minimum atomic E-state index is -0.617. The smallest absolute Gasteiger partial charge is 0.174 e. The van der Waals surface area contributed by atoms with Crippen LogP contribution in [0.25, 0.3) is 6.08 Å². The van der Waals surface area contributed by atoms with Crippen molar-refractivity contribution in [3.05, 3.63) is 29.8 Å². The van der Waals surface area contributed by atoms with Crippen molar-refractivity contribution in [3.8, 4) is 5.75 Å². The molecule has 0 saturated carbocycles. The molecule has 0 atom stereocenters. The van der Waals surface area contributed by atoms with Crippen molar-refractivity contribution >= 4 is 11.8 Å². The molecule has 4 heteroatoms. The number of anilines is 1. The molecule has 1 aromatic rings. The number of benzene rings is 1. The number of rotatable bonds is 3. The molecule has 1 N–H and O–H groups in total. The van der Waals surface area contributed by atoms with Crippen molar-refractivity contribution in [2.45, 2.75) is 0 Å². The average molecular weight is 199 g/mol. The lowest BCUT2D eigenvalue weighted by Crippen LogP contribution is -2.01. The molecule has 0 heterocycles. The van der Waals surface area contributed by atoms with Crippen molar-refractivity contribution < 1.29 is 13.5 Å². The van der Waals surface area contributed by atoms with Crippen LogP contribution in [0.2, 0.25) is 0 Å². The Kier molecular flexibility index (Phi) is 3.06. The monoisotopic (exact) mass is 199 g/mol. The van der Waals surface area contributed by atoms with Gasteiger partial charge in [0.1, 0.15) is 0 Å². The summed E-state index contributed by atoms with van der Waals surface area (Å²) in [6.45, 7) is 3.41. The maximum atomic E-state index is 13.5. The summed E-state index contributed by atoms with van der Waals surface area (Å²) in [6.07, 6.45) is 1.24. The highest BCUT2D eigenvalue weighted by Gasteiger charge is 2.15. The number of ether oxygens (including phenoxy) is 1. The molecular weight excluding hydrogens is 188 g/mol. The summed E-state index contributed by atoms with van der Waals surface area (Å²) in [5.41, 5.74) is 0.155. The van der Waals surface area contributed by atoms with Gasteiger partial charge >= 0.3 is 0 Å². The van der Waals surface area contributed by atoms with Crippen molar-refractivity contribution in [2.24, 2.45) is 0 Å². The molecule has 2 nitrogen and oxygen atoms in total. The summed E-state index contributed by atoms with van der Waals surface area (Å²) >= 11 is 0. The van der Waals surface area contributed by atoms with Crippen LogP contribution in [0.15, 0.2) is 12.6 Å². The van der Waals surface area contributed by atoms with Crippen LogP contribution in [0, 0.1) is 11.6 Å². The van der Waals surface area contributed by atoms with E-state index in [1.54, 1.807) is 0 Å². The van der Waals surface area contributed by atoms with Gasteiger partial charge in [0.25, 0.3) is 0 Å². The molecule has 14 heavy (non-hydrogen) atoms. The number of nitrogens with one attached hydrogen (secondary N) is 1. The summed E-state index contributed by atoms with van der Waals surface area (Å²) in [5, 5.41) is 2.57. The van der Waals surface area contributed by atoms with E-state index in [1.165, 1.54) is 20.2 Å². The summed E-state index contributed by atoms with van der Waals surface area (Å²) < 4.78 is 31.5. The van der Waals surface area contributed by atoms with E-state index in [-0.39, 0.29) is 17.0 Å². The molecule has 0 aliphatic heterocycles. The summed E-state index contributed by atoms with van der Waals surface area (Å²) in [7, 11) is 2.79. The highest BCUT2D eigenvalue weighted by Crippen LogP contribution is 2.30. The minimum absolute atomic E-state index is 0.0735. The largest absolute Gasteiger partial charge is 0.494 e. The quantitative estimate of drug-likeness (QED) is 0.808. The zero-order chi connectivity index (χ0) is 10.7. The second-order valence-electron chi connectivity index (χ2n) is 2.62. The van der Waals surface area contributed by atoms with Crippen LogP contribution in [0.1, 0.15) is 5.56 Å². The van der Waals surface area contributed by atoms with Gasteiger partial charge in [0, 0.05) is 18.7 Å². The van der Waals surface area contributed by atoms with Crippen molar-refractivity contribution in [2.75, 3.05) is 19.5 Å². The predicted molar refractivity (Wildman–Crippen MR) is 52.5 cm³/mol. The maximum absolute atomic E-state index is 13.5. The third-order valence-corrected chi connectivity index (χ3v) is 1.89. The number of hydrogen-bond acceptors (Lipinski definition) is 2. The van der Waals surface area contributed by atoms with Gasteiger partial charge in [0.05, 0.1) is 12.8 Å². The molecule has 76 valence electrons. The summed E-state index contributed by atoms with van der Waals surface area (Å²) in [5.74, 6) is -1.31. The average Bonchev–Trinajstić information content (AvgIpc) is 2.20. The van der Waals surface area contributed by atoms with Crippen LogP contribution >= 0.6 is 0 Å². The van der Waals surface area contributed by atoms with Crippen LogP contribution in [0.3, 0.4) is 0 Å². The van der Waals surface area contributed by atoms with E-state index in [9.17, 15) is 8.78 Å². The number of halogens is 2. The van der Waals surface area contributed by atoms with E-state index in [0.717, 1.165) is 6.07 Å². The van der Waals surface area contributed by atoms with Gasteiger partial charge in [0.2, 0.25) is 0 Å². The molecule has 0 unspecified atom stereocenters. The second kappa shape index (κ2) is 4.09. The molecule has 0 fully saturated rings. The van der Waals surface area contributed by atoms with Gasteiger partial charge in [0.15, 0.2) is 17.4 Å². The molecule has 0 radical (unpaired) electrons. The van der Waals surface area contributed by atoms with Gasteiger partial charge in [-0.2, -0.15) is 0 Å². The molecule has 0 saturated heterocycles. The van der Waals surface area contributed by atoms with Crippen LogP contribution in [0.5, 0.6) is 5.75 Å². The van der Waals surface area contributed by atoms with E-state index in [0.29, 0.717) is 0 Å². The Hall–Kier alpha value is -1.58. The zero-order valence-corrected chi connectivity index (χ0v) is 8.03. The van der Waals surface area contributed by atoms with Crippen LogP contribution in [-0.2, 0) is 0 Å². The first-order chi connectivity index (χ1) is 6.65. The fraction of sp³-hybridized carbons (Fsp3) is 0.200. The van der Waals surface area contributed by atoms with E-state index in [2.05, 4.69) is 16.6 Å². The van der Waals surface area contributed by atoms with Gasteiger partial charge in [-0.15, -0.1) is 0 Å². The topological polar surface area (TPSA) is 21.3 Å². The van der Waals surface area contributed by atoms with E-state index in [4.69, 9.17) is 0 Å². The Balaban J connectivity index is 3.47. The van der Waals surface area contributed by atoms with E-state index in [1.807, 2.05) is 0 Å². The van der Waals surface area contributed by atoms with E-state index >= 15 is 0 Å². The van der Waals surface area contributed by atoms with Gasteiger partial charge in [-0.3, -0.25) is 0 Å². The lowest BCUT2D eigenvalue weighted by atomic mass is 10.1. The lowest BCUT2D eigenvalue weighted by Gasteiger charge is -2.11. The molecule has 0 bridgehead atoms. The first-order valence-electron chi connectivity index (χ1n) is 4.01. The highest BCUT2D eigenvalue weighted by atomic mass is 19.1. The summed E-state index contributed by atoms with van der Waals surface area (Å²) in [4.78, 5) is 0. The maximum Gasteiger partial charge on any atom is 0.174 e. The fourth-order valence-electron chi connectivity index (χ4n) is 1.22. The van der Waals surface area contributed by atoms with Gasteiger partial charge < -0.3 is 10.1 Å². The zero-order valence-electron chi connectivity index (χ0n) is 8.03. The predicted octanol–water partition coefficient (Wildman–Crippen LogP) is 2.66. The molecular formula is C10H11F2NO. The molecule has 0 aromatic heterocycles. The lowest BCUT2D eigenvalue weighted by molar-refractivity contribution is 0.382. The third kappa shape index (κ3) is 1.55. The highest BCUT2D eigenvalue weighted by molar-refractivity contribution is 5.68. The molecule has 0 amide bonds. The van der Waals surface area contributed by atoms with Crippen LogP contribution in [-0.4, -0.2) is 14.2 Å².